The quantitative estimate of drug-likeness (QED) is 0.860. The lowest BCUT2D eigenvalue weighted by molar-refractivity contribution is 0.0990. The van der Waals surface area contributed by atoms with Gasteiger partial charge in [0, 0.05) is 34.3 Å². The average Bonchev–Trinajstić information content (AvgIpc) is 2.81. The van der Waals surface area contributed by atoms with Crippen LogP contribution < -0.4 is 4.90 Å². The summed E-state index contributed by atoms with van der Waals surface area (Å²) in [6.07, 6.45) is 0.771. The van der Waals surface area contributed by atoms with Crippen molar-refractivity contribution >= 4 is 34.0 Å². The average molecular weight is 310 g/mol. The summed E-state index contributed by atoms with van der Waals surface area (Å²) in [5.41, 5.74) is 1.41. The zero-order valence-electron chi connectivity index (χ0n) is 11.7. The third-order valence-electron chi connectivity index (χ3n) is 3.92. The van der Waals surface area contributed by atoms with Crippen LogP contribution in [-0.2, 0) is 0 Å². The van der Waals surface area contributed by atoms with Crippen LogP contribution in [0.25, 0.3) is 10.8 Å². The van der Waals surface area contributed by atoms with E-state index in [-0.39, 0.29) is 11.8 Å². The molecule has 0 unspecified atom stereocenters. The van der Waals surface area contributed by atoms with E-state index in [1.807, 2.05) is 24.3 Å². The number of amides is 1. The molecule has 1 heterocycles. The van der Waals surface area contributed by atoms with Gasteiger partial charge in [-0.25, -0.2) is 0 Å². The predicted molar refractivity (Wildman–Crippen MR) is 84.6 cm³/mol. The number of carbonyl (C=O) groups excluding carboxylic acids is 1. The lowest BCUT2D eigenvalue weighted by atomic mass is 10.0. The highest BCUT2D eigenvalue weighted by Crippen LogP contribution is 2.40. The van der Waals surface area contributed by atoms with Gasteiger partial charge in [0.15, 0.2) is 0 Å². The molecular weight excluding hydrogens is 298 g/mol. The summed E-state index contributed by atoms with van der Waals surface area (Å²) in [7, 11) is 0. The molecular formula is C17H12ClN3O. The molecule has 1 aliphatic rings. The van der Waals surface area contributed by atoms with E-state index in [2.05, 4.69) is 6.07 Å². The van der Waals surface area contributed by atoms with Crippen LogP contribution in [0.3, 0.4) is 0 Å². The zero-order chi connectivity index (χ0) is 15.7. The first kappa shape index (κ1) is 14.4. The number of nitriles is 2. The molecule has 3 rings (SSSR count). The Labute approximate surface area is 133 Å². The lowest BCUT2D eigenvalue weighted by Gasteiger charge is -2.20. The molecule has 2 aromatic rings. The van der Waals surface area contributed by atoms with Crippen molar-refractivity contribution in [1.29, 1.82) is 10.5 Å². The van der Waals surface area contributed by atoms with Crippen LogP contribution in [0.4, 0.5) is 5.69 Å². The monoisotopic (exact) mass is 309 g/mol. The number of hydrogen-bond donors (Lipinski definition) is 0. The van der Waals surface area contributed by atoms with Crippen molar-refractivity contribution in [2.24, 2.45) is 5.92 Å². The van der Waals surface area contributed by atoms with E-state index in [1.54, 1.807) is 17.0 Å². The highest BCUT2D eigenvalue weighted by Gasteiger charge is 2.31. The largest absolute Gasteiger partial charge is 0.306 e. The molecule has 0 aromatic heterocycles. The Morgan fingerprint density at radius 1 is 1.23 bits per heavy atom. The Morgan fingerprint density at radius 3 is 2.77 bits per heavy atom. The fourth-order valence-electron chi connectivity index (χ4n) is 2.85. The van der Waals surface area contributed by atoms with Crippen LogP contribution in [0.1, 0.15) is 23.2 Å². The number of hydrogen-bond acceptors (Lipinski definition) is 3. The molecule has 4 nitrogen and oxygen atoms in total. The molecule has 0 saturated heterocycles. The second-order valence-corrected chi connectivity index (χ2v) is 5.64. The van der Waals surface area contributed by atoms with E-state index < -0.39 is 0 Å². The normalized spacial score (nSPS) is 14.0. The molecule has 0 radical (unpaired) electrons. The van der Waals surface area contributed by atoms with Crippen molar-refractivity contribution in [2.75, 3.05) is 11.4 Å². The molecule has 0 saturated carbocycles. The Bertz CT molecular complexity index is 847. The van der Waals surface area contributed by atoms with Crippen LogP contribution in [0.2, 0.25) is 5.02 Å². The van der Waals surface area contributed by atoms with Gasteiger partial charge in [0.2, 0.25) is 0 Å². The Hall–Kier alpha value is -2.56. The molecule has 1 aliphatic heterocycles. The van der Waals surface area contributed by atoms with Crippen molar-refractivity contribution in [2.45, 2.75) is 12.8 Å². The second-order valence-electron chi connectivity index (χ2n) is 5.23. The maximum absolute atomic E-state index is 12.6. The summed E-state index contributed by atoms with van der Waals surface area (Å²) in [4.78, 5) is 14.2. The third kappa shape index (κ3) is 2.19. The molecule has 2 aromatic carbocycles. The first-order valence-electron chi connectivity index (χ1n) is 6.97. The maximum atomic E-state index is 12.6. The van der Waals surface area contributed by atoms with Crippen LogP contribution in [0.15, 0.2) is 30.3 Å². The minimum absolute atomic E-state index is 0.111. The number of anilines is 1. The fraction of sp³-hybridized carbons (Fsp3) is 0.235. The molecule has 5 heteroatoms. The topological polar surface area (TPSA) is 67.9 Å². The minimum atomic E-state index is -0.358. The van der Waals surface area contributed by atoms with Gasteiger partial charge in [-0.3, -0.25) is 4.79 Å². The van der Waals surface area contributed by atoms with Gasteiger partial charge in [-0.1, -0.05) is 23.7 Å². The van der Waals surface area contributed by atoms with Gasteiger partial charge in [0.1, 0.15) is 0 Å². The molecule has 22 heavy (non-hydrogen) atoms. The van der Waals surface area contributed by atoms with Gasteiger partial charge in [-0.15, -0.1) is 0 Å². The van der Waals surface area contributed by atoms with E-state index >= 15 is 0 Å². The van der Waals surface area contributed by atoms with E-state index in [0.29, 0.717) is 30.0 Å². The summed E-state index contributed by atoms with van der Waals surface area (Å²) in [6, 6.07) is 13.3. The highest BCUT2D eigenvalue weighted by molar-refractivity contribution is 6.38. The zero-order valence-corrected chi connectivity index (χ0v) is 12.5. The van der Waals surface area contributed by atoms with Crippen LogP contribution in [0.5, 0.6) is 0 Å². The second kappa shape index (κ2) is 5.67. The number of carbonyl (C=O) groups is 1. The smallest absolute Gasteiger partial charge is 0.259 e. The Morgan fingerprint density at radius 2 is 2.05 bits per heavy atom. The van der Waals surface area contributed by atoms with Gasteiger partial charge in [0.05, 0.1) is 23.7 Å². The SMILES string of the molecule is N#CCC[C@H](C#N)CN1C(=O)c2cccc3c(Cl)ccc1c23. The van der Waals surface area contributed by atoms with Crippen molar-refractivity contribution in [3.63, 3.8) is 0 Å². The number of benzene rings is 2. The molecule has 0 bridgehead atoms. The van der Waals surface area contributed by atoms with E-state index in [4.69, 9.17) is 16.9 Å². The molecule has 0 aliphatic carbocycles. The summed E-state index contributed by atoms with van der Waals surface area (Å²) >= 11 is 6.21. The fourth-order valence-corrected chi connectivity index (χ4v) is 3.07. The molecule has 108 valence electrons. The predicted octanol–water partition coefficient (Wildman–Crippen LogP) is 3.90. The first-order chi connectivity index (χ1) is 10.7. The minimum Gasteiger partial charge on any atom is -0.306 e. The number of halogens is 1. The lowest BCUT2D eigenvalue weighted by Crippen LogP contribution is -2.31. The van der Waals surface area contributed by atoms with E-state index in [9.17, 15) is 10.1 Å². The summed E-state index contributed by atoms with van der Waals surface area (Å²) in [5, 5.41) is 20.2. The van der Waals surface area contributed by atoms with Gasteiger partial charge in [-0.05, 0) is 24.6 Å². The van der Waals surface area contributed by atoms with E-state index in [1.165, 1.54) is 0 Å². The molecule has 0 spiro atoms. The molecule has 0 fully saturated rings. The number of nitrogens with zero attached hydrogens (tertiary/aromatic N) is 3. The number of rotatable bonds is 4. The summed E-state index contributed by atoms with van der Waals surface area (Å²) in [6.45, 7) is 0.294. The van der Waals surface area contributed by atoms with Crippen molar-refractivity contribution in [3.8, 4) is 12.1 Å². The van der Waals surface area contributed by atoms with Crippen LogP contribution >= 0.6 is 11.6 Å². The summed E-state index contributed by atoms with van der Waals surface area (Å²) in [5.74, 6) is -0.469. The molecule has 0 N–H and O–H groups in total. The Balaban J connectivity index is 2.01. The third-order valence-corrected chi connectivity index (χ3v) is 4.25. The van der Waals surface area contributed by atoms with Crippen molar-refractivity contribution in [1.82, 2.24) is 0 Å². The van der Waals surface area contributed by atoms with E-state index in [0.717, 1.165) is 16.5 Å². The van der Waals surface area contributed by atoms with Gasteiger partial charge in [0.25, 0.3) is 5.91 Å². The Kier molecular flexibility index (Phi) is 3.71. The maximum Gasteiger partial charge on any atom is 0.259 e. The van der Waals surface area contributed by atoms with Gasteiger partial charge >= 0.3 is 0 Å². The van der Waals surface area contributed by atoms with Crippen LogP contribution in [0, 0.1) is 28.6 Å². The van der Waals surface area contributed by atoms with Crippen molar-refractivity contribution < 1.29 is 4.79 Å². The van der Waals surface area contributed by atoms with Crippen molar-refractivity contribution in [3.05, 3.63) is 40.9 Å². The summed E-state index contributed by atoms with van der Waals surface area (Å²) < 4.78 is 0. The first-order valence-corrected chi connectivity index (χ1v) is 7.35. The van der Waals surface area contributed by atoms with Gasteiger partial charge < -0.3 is 4.90 Å². The van der Waals surface area contributed by atoms with Gasteiger partial charge in [-0.2, -0.15) is 10.5 Å². The molecule has 1 amide bonds. The standard InChI is InChI=1S/C17H12ClN3O/c18-14-6-7-15-16-12(14)4-1-5-13(16)17(22)21(15)10-11(9-20)3-2-8-19/h1,4-7,11H,2-3,10H2/t11-/m1/s1. The van der Waals surface area contributed by atoms with Crippen LogP contribution in [-0.4, -0.2) is 12.5 Å². The highest BCUT2D eigenvalue weighted by atomic mass is 35.5. The molecule has 1 atom stereocenters.